The summed E-state index contributed by atoms with van der Waals surface area (Å²) in [6.07, 6.45) is 4.09. The van der Waals surface area contributed by atoms with Gasteiger partial charge in [-0.15, -0.1) is 10.2 Å². The standard InChI is InChI=1S/C11H15N3O2/c1-3-9(12-4-2)11-14-13-10(16-11)8-5-6-15-7-8/h5-7,9,12H,3-4H2,1-2H3. The second-order valence-corrected chi connectivity index (χ2v) is 3.48. The molecule has 86 valence electrons. The van der Waals surface area contributed by atoms with Crippen LogP contribution in [0.15, 0.2) is 27.4 Å². The SMILES string of the molecule is CCNC(CC)c1nnc(-c2ccoc2)o1. The Kier molecular flexibility index (Phi) is 3.36. The van der Waals surface area contributed by atoms with Crippen LogP contribution in [-0.4, -0.2) is 16.7 Å². The van der Waals surface area contributed by atoms with Crippen molar-refractivity contribution in [3.8, 4) is 11.5 Å². The van der Waals surface area contributed by atoms with E-state index in [-0.39, 0.29) is 6.04 Å². The van der Waals surface area contributed by atoms with Gasteiger partial charge in [0.05, 0.1) is 17.9 Å². The minimum absolute atomic E-state index is 0.123. The largest absolute Gasteiger partial charge is 0.472 e. The highest BCUT2D eigenvalue weighted by molar-refractivity contribution is 5.49. The van der Waals surface area contributed by atoms with E-state index in [1.807, 2.05) is 0 Å². The number of rotatable bonds is 5. The summed E-state index contributed by atoms with van der Waals surface area (Å²) < 4.78 is 10.6. The van der Waals surface area contributed by atoms with Gasteiger partial charge in [0, 0.05) is 0 Å². The van der Waals surface area contributed by atoms with Crippen LogP contribution in [0, 0.1) is 0 Å². The lowest BCUT2D eigenvalue weighted by atomic mass is 10.2. The van der Waals surface area contributed by atoms with Gasteiger partial charge in [-0.3, -0.25) is 0 Å². The van der Waals surface area contributed by atoms with Gasteiger partial charge in [-0.05, 0) is 19.0 Å². The second-order valence-electron chi connectivity index (χ2n) is 3.48. The summed E-state index contributed by atoms with van der Waals surface area (Å²) in [6, 6.07) is 1.92. The zero-order chi connectivity index (χ0) is 11.4. The number of hydrogen-bond donors (Lipinski definition) is 1. The Morgan fingerprint density at radius 3 is 2.88 bits per heavy atom. The number of aromatic nitrogens is 2. The molecule has 5 heteroatoms. The summed E-state index contributed by atoms with van der Waals surface area (Å²) in [5, 5.41) is 11.3. The molecule has 0 aromatic carbocycles. The van der Waals surface area contributed by atoms with Crippen LogP contribution >= 0.6 is 0 Å². The predicted octanol–water partition coefficient (Wildman–Crippen LogP) is 2.39. The van der Waals surface area contributed by atoms with Crippen molar-refractivity contribution in [3.05, 3.63) is 24.5 Å². The molecular formula is C11H15N3O2. The second kappa shape index (κ2) is 4.94. The molecule has 2 heterocycles. The predicted molar refractivity (Wildman–Crippen MR) is 58.7 cm³/mol. The Morgan fingerprint density at radius 1 is 1.38 bits per heavy atom. The molecule has 0 spiro atoms. The number of hydrogen-bond acceptors (Lipinski definition) is 5. The van der Waals surface area contributed by atoms with Crippen LogP contribution in [0.3, 0.4) is 0 Å². The third kappa shape index (κ3) is 2.14. The van der Waals surface area contributed by atoms with E-state index in [4.69, 9.17) is 8.83 Å². The van der Waals surface area contributed by atoms with Crippen LogP contribution in [0.4, 0.5) is 0 Å². The average Bonchev–Trinajstić information content (AvgIpc) is 2.95. The van der Waals surface area contributed by atoms with Crippen LogP contribution in [0.2, 0.25) is 0 Å². The van der Waals surface area contributed by atoms with Gasteiger partial charge < -0.3 is 14.2 Å². The first-order valence-electron chi connectivity index (χ1n) is 5.44. The zero-order valence-electron chi connectivity index (χ0n) is 9.43. The van der Waals surface area contributed by atoms with Crippen LogP contribution in [0.25, 0.3) is 11.5 Å². The minimum atomic E-state index is 0.123. The molecule has 0 amide bonds. The molecule has 2 rings (SSSR count). The van der Waals surface area contributed by atoms with Crippen molar-refractivity contribution in [2.75, 3.05) is 6.54 Å². The Hall–Kier alpha value is -1.62. The molecule has 0 aliphatic heterocycles. The molecule has 2 aromatic heterocycles. The minimum Gasteiger partial charge on any atom is -0.472 e. The maximum atomic E-state index is 5.59. The van der Waals surface area contributed by atoms with Gasteiger partial charge in [0.15, 0.2) is 0 Å². The first kappa shape index (κ1) is 10.9. The van der Waals surface area contributed by atoms with Gasteiger partial charge in [0.25, 0.3) is 5.89 Å². The molecule has 2 aromatic rings. The van der Waals surface area contributed by atoms with Crippen molar-refractivity contribution in [2.45, 2.75) is 26.3 Å². The summed E-state index contributed by atoms with van der Waals surface area (Å²) in [5.41, 5.74) is 0.810. The molecule has 0 aliphatic rings. The van der Waals surface area contributed by atoms with Crippen LogP contribution in [0.1, 0.15) is 32.2 Å². The maximum Gasteiger partial charge on any atom is 0.251 e. The van der Waals surface area contributed by atoms with Crippen LogP contribution < -0.4 is 5.32 Å². The van der Waals surface area contributed by atoms with Crippen molar-refractivity contribution in [1.29, 1.82) is 0 Å². The molecule has 0 bridgehead atoms. The molecule has 5 nitrogen and oxygen atoms in total. The fourth-order valence-electron chi connectivity index (χ4n) is 1.53. The van der Waals surface area contributed by atoms with Gasteiger partial charge in [0.1, 0.15) is 6.26 Å². The summed E-state index contributed by atoms with van der Waals surface area (Å²) in [5.74, 6) is 1.13. The quantitative estimate of drug-likeness (QED) is 0.839. The third-order valence-corrected chi connectivity index (χ3v) is 2.37. The third-order valence-electron chi connectivity index (χ3n) is 2.37. The van der Waals surface area contributed by atoms with Gasteiger partial charge in [0.2, 0.25) is 5.89 Å². The Bertz CT molecular complexity index is 422. The number of nitrogens with one attached hydrogen (secondary N) is 1. The molecule has 16 heavy (non-hydrogen) atoms. The Labute approximate surface area is 93.9 Å². The van der Waals surface area contributed by atoms with E-state index in [2.05, 4.69) is 29.4 Å². The first-order chi connectivity index (χ1) is 7.85. The van der Waals surface area contributed by atoms with E-state index in [9.17, 15) is 0 Å². The number of nitrogens with zero attached hydrogens (tertiary/aromatic N) is 2. The zero-order valence-corrected chi connectivity index (χ0v) is 9.43. The smallest absolute Gasteiger partial charge is 0.251 e. The maximum absolute atomic E-state index is 5.59. The molecule has 1 unspecified atom stereocenters. The van der Waals surface area contributed by atoms with Gasteiger partial charge in [-0.1, -0.05) is 13.8 Å². The van der Waals surface area contributed by atoms with E-state index < -0.39 is 0 Å². The highest BCUT2D eigenvalue weighted by atomic mass is 16.4. The van der Waals surface area contributed by atoms with Crippen molar-refractivity contribution in [3.63, 3.8) is 0 Å². The van der Waals surface area contributed by atoms with Crippen molar-refractivity contribution in [1.82, 2.24) is 15.5 Å². The summed E-state index contributed by atoms with van der Waals surface area (Å²) in [7, 11) is 0. The highest BCUT2D eigenvalue weighted by Gasteiger charge is 2.16. The molecule has 0 aliphatic carbocycles. The molecular weight excluding hydrogens is 206 g/mol. The molecule has 0 saturated heterocycles. The fraction of sp³-hybridized carbons (Fsp3) is 0.455. The van der Waals surface area contributed by atoms with Gasteiger partial charge in [-0.25, -0.2) is 0 Å². The fourth-order valence-corrected chi connectivity index (χ4v) is 1.53. The van der Waals surface area contributed by atoms with E-state index in [1.54, 1.807) is 18.6 Å². The molecule has 1 N–H and O–H groups in total. The van der Waals surface area contributed by atoms with E-state index >= 15 is 0 Å². The lowest BCUT2D eigenvalue weighted by Crippen LogP contribution is -2.20. The van der Waals surface area contributed by atoms with Crippen molar-refractivity contribution < 1.29 is 8.83 Å². The van der Waals surface area contributed by atoms with Gasteiger partial charge >= 0.3 is 0 Å². The summed E-state index contributed by atoms with van der Waals surface area (Å²) in [6.45, 7) is 5.01. The highest BCUT2D eigenvalue weighted by Crippen LogP contribution is 2.22. The molecule has 0 fully saturated rings. The Balaban J connectivity index is 2.18. The van der Waals surface area contributed by atoms with Gasteiger partial charge in [-0.2, -0.15) is 0 Å². The summed E-state index contributed by atoms with van der Waals surface area (Å²) >= 11 is 0. The van der Waals surface area contributed by atoms with E-state index in [0.29, 0.717) is 11.8 Å². The van der Waals surface area contributed by atoms with E-state index in [1.165, 1.54) is 0 Å². The monoisotopic (exact) mass is 221 g/mol. The summed E-state index contributed by atoms with van der Waals surface area (Å²) in [4.78, 5) is 0. The number of furan rings is 1. The van der Waals surface area contributed by atoms with Crippen LogP contribution in [0.5, 0.6) is 0 Å². The lowest BCUT2D eigenvalue weighted by molar-refractivity contribution is 0.401. The average molecular weight is 221 g/mol. The van der Waals surface area contributed by atoms with Crippen molar-refractivity contribution in [2.24, 2.45) is 0 Å². The molecule has 0 saturated carbocycles. The van der Waals surface area contributed by atoms with E-state index in [0.717, 1.165) is 18.5 Å². The molecule has 0 radical (unpaired) electrons. The topological polar surface area (TPSA) is 64.1 Å². The lowest BCUT2D eigenvalue weighted by Gasteiger charge is -2.09. The first-order valence-corrected chi connectivity index (χ1v) is 5.44. The van der Waals surface area contributed by atoms with Crippen molar-refractivity contribution >= 4 is 0 Å². The molecule has 1 atom stereocenters. The Morgan fingerprint density at radius 2 is 2.25 bits per heavy atom. The van der Waals surface area contributed by atoms with Crippen LogP contribution in [-0.2, 0) is 0 Å². The normalized spacial score (nSPS) is 12.9.